The third kappa shape index (κ3) is 1.79. The highest BCUT2D eigenvalue weighted by atomic mass is 16.1. The van der Waals surface area contributed by atoms with Gasteiger partial charge < -0.3 is 16.5 Å². The average Bonchev–Trinajstić information content (AvgIpc) is 2.35. The Hall–Kier alpha value is -1.36. The molecule has 1 unspecified atom stereocenters. The Balaban J connectivity index is 1.71. The first-order valence-electron chi connectivity index (χ1n) is 7.66. The van der Waals surface area contributed by atoms with Crippen molar-refractivity contribution in [1.29, 1.82) is 0 Å². The zero-order chi connectivity index (χ0) is 13.9. The average molecular weight is 274 g/mol. The minimum Gasteiger partial charge on any atom is -0.383 e. The van der Waals surface area contributed by atoms with E-state index >= 15 is 0 Å². The van der Waals surface area contributed by atoms with E-state index in [0.717, 1.165) is 17.8 Å². The van der Waals surface area contributed by atoms with Crippen LogP contribution in [0.25, 0.3) is 0 Å². The molecule has 5 rings (SSSR count). The van der Waals surface area contributed by atoms with Gasteiger partial charge in [0.2, 0.25) is 0 Å². The second-order valence-corrected chi connectivity index (χ2v) is 7.31. The number of nitrogens with one attached hydrogen (secondary N) is 1. The van der Waals surface area contributed by atoms with Crippen molar-refractivity contribution >= 4 is 5.82 Å². The molecule has 5 nitrogen and oxygen atoms in total. The van der Waals surface area contributed by atoms with Gasteiger partial charge in [-0.15, -0.1) is 0 Å². The summed E-state index contributed by atoms with van der Waals surface area (Å²) < 4.78 is 0. The molecule has 0 radical (unpaired) electrons. The first-order chi connectivity index (χ1) is 9.54. The van der Waals surface area contributed by atoms with Gasteiger partial charge in [-0.2, -0.15) is 0 Å². The van der Waals surface area contributed by atoms with Gasteiger partial charge in [0.15, 0.2) is 0 Å². The van der Waals surface area contributed by atoms with E-state index in [9.17, 15) is 4.79 Å². The molecule has 1 aromatic heterocycles. The highest BCUT2D eigenvalue weighted by Gasteiger charge is 2.54. The number of hydrogen-bond acceptors (Lipinski definition) is 4. The van der Waals surface area contributed by atoms with Gasteiger partial charge in [-0.3, -0.25) is 4.79 Å². The number of nitrogen functional groups attached to an aromatic ring is 1. The molecule has 108 valence electrons. The van der Waals surface area contributed by atoms with Crippen molar-refractivity contribution in [2.75, 3.05) is 5.73 Å². The van der Waals surface area contributed by atoms with Gasteiger partial charge in [-0.25, -0.2) is 4.98 Å². The van der Waals surface area contributed by atoms with Crippen molar-refractivity contribution < 1.29 is 0 Å². The van der Waals surface area contributed by atoms with Gasteiger partial charge in [-0.1, -0.05) is 0 Å². The number of aromatic amines is 1. The number of aromatic nitrogens is 2. The molecule has 4 saturated carbocycles. The fourth-order valence-electron chi connectivity index (χ4n) is 5.49. The lowest BCUT2D eigenvalue weighted by Crippen LogP contribution is -2.51. The Morgan fingerprint density at radius 2 is 1.75 bits per heavy atom. The number of nitrogens with zero attached hydrogens (tertiary/aromatic N) is 1. The fraction of sp³-hybridized carbons (Fsp3) is 0.733. The zero-order valence-electron chi connectivity index (χ0n) is 11.6. The van der Waals surface area contributed by atoms with Crippen LogP contribution in [0.4, 0.5) is 5.82 Å². The van der Waals surface area contributed by atoms with E-state index in [1.807, 2.05) is 0 Å². The van der Waals surface area contributed by atoms with Gasteiger partial charge in [0.05, 0.1) is 6.04 Å². The Morgan fingerprint density at radius 1 is 1.20 bits per heavy atom. The first-order valence-corrected chi connectivity index (χ1v) is 7.66. The molecule has 0 aliphatic heterocycles. The van der Waals surface area contributed by atoms with E-state index in [4.69, 9.17) is 11.5 Å². The summed E-state index contributed by atoms with van der Waals surface area (Å²) in [6.07, 6.45) is 7.72. The number of hydrogen-bond donors (Lipinski definition) is 3. The summed E-state index contributed by atoms with van der Waals surface area (Å²) >= 11 is 0. The predicted molar refractivity (Wildman–Crippen MR) is 76.8 cm³/mol. The maximum absolute atomic E-state index is 11.6. The summed E-state index contributed by atoms with van der Waals surface area (Å²) in [6, 6.07) is 1.13. The molecule has 1 aromatic rings. The molecule has 4 fully saturated rings. The van der Waals surface area contributed by atoms with Gasteiger partial charge in [0, 0.05) is 6.07 Å². The van der Waals surface area contributed by atoms with E-state index in [0.29, 0.717) is 5.82 Å². The van der Waals surface area contributed by atoms with Crippen molar-refractivity contribution in [2.45, 2.75) is 44.6 Å². The van der Waals surface area contributed by atoms with Crippen LogP contribution in [0.2, 0.25) is 0 Å². The lowest BCUT2D eigenvalue weighted by Gasteiger charge is -2.58. The largest absolute Gasteiger partial charge is 0.383 e. The molecular formula is C15H22N4O. The summed E-state index contributed by atoms with van der Waals surface area (Å²) in [5, 5.41) is 0. The van der Waals surface area contributed by atoms with Crippen LogP contribution in [0.5, 0.6) is 0 Å². The maximum Gasteiger partial charge on any atom is 0.253 e. The minimum atomic E-state index is -0.201. The second-order valence-electron chi connectivity index (χ2n) is 7.31. The highest BCUT2D eigenvalue weighted by Crippen LogP contribution is 2.63. The molecule has 0 aromatic carbocycles. The van der Waals surface area contributed by atoms with E-state index in [2.05, 4.69) is 9.97 Å². The van der Waals surface area contributed by atoms with Crippen molar-refractivity contribution in [3.05, 3.63) is 22.2 Å². The van der Waals surface area contributed by atoms with Gasteiger partial charge in [0.25, 0.3) is 5.56 Å². The highest BCUT2D eigenvalue weighted by molar-refractivity contribution is 5.26. The second kappa shape index (κ2) is 4.07. The third-order valence-corrected chi connectivity index (χ3v) is 5.82. The molecule has 20 heavy (non-hydrogen) atoms. The van der Waals surface area contributed by atoms with Gasteiger partial charge in [-0.05, 0) is 61.7 Å². The SMILES string of the molecule is Nc1cc(=O)[nH]c(C(N)C23CC4CC(CC(C4)C2)C3)n1. The van der Waals surface area contributed by atoms with E-state index in [-0.39, 0.29) is 22.8 Å². The van der Waals surface area contributed by atoms with Gasteiger partial charge >= 0.3 is 0 Å². The van der Waals surface area contributed by atoms with Crippen LogP contribution in [0.15, 0.2) is 10.9 Å². The molecule has 4 aliphatic rings. The van der Waals surface area contributed by atoms with Crippen molar-refractivity contribution in [1.82, 2.24) is 9.97 Å². The Kier molecular flexibility index (Phi) is 2.52. The van der Waals surface area contributed by atoms with Crippen LogP contribution in [0.3, 0.4) is 0 Å². The standard InChI is InChI=1S/C15H22N4O/c16-11-4-12(20)19-14(18-11)13(17)15-5-8-1-9(6-15)3-10(2-8)7-15/h4,8-10,13H,1-3,5-7,17H2,(H3,16,18,19,20). The topological polar surface area (TPSA) is 97.8 Å². The Labute approximate surface area is 118 Å². The first kappa shape index (κ1) is 12.4. The van der Waals surface area contributed by atoms with Crippen LogP contribution in [-0.4, -0.2) is 9.97 Å². The summed E-state index contributed by atoms with van der Waals surface area (Å²) in [6.45, 7) is 0. The van der Waals surface area contributed by atoms with E-state index < -0.39 is 0 Å². The summed E-state index contributed by atoms with van der Waals surface area (Å²) in [5.41, 5.74) is 12.2. The van der Waals surface area contributed by atoms with Crippen molar-refractivity contribution in [3.8, 4) is 0 Å². The van der Waals surface area contributed by atoms with Crippen molar-refractivity contribution in [2.24, 2.45) is 28.9 Å². The number of rotatable bonds is 2. The fourth-order valence-corrected chi connectivity index (χ4v) is 5.49. The summed E-state index contributed by atoms with van der Waals surface area (Å²) in [5.74, 6) is 3.35. The monoisotopic (exact) mass is 274 g/mol. The molecule has 5 heteroatoms. The minimum absolute atomic E-state index is 0.137. The molecule has 0 spiro atoms. The number of nitrogens with two attached hydrogens (primary N) is 2. The Bertz CT molecular complexity index is 558. The number of H-pyrrole nitrogens is 1. The van der Waals surface area contributed by atoms with E-state index in [1.54, 1.807) is 0 Å². The summed E-state index contributed by atoms with van der Waals surface area (Å²) in [4.78, 5) is 18.7. The molecule has 0 saturated heterocycles. The summed E-state index contributed by atoms with van der Waals surface area (Å²) in [7, 11) is 0. The predicted octanol–water partition coefficient (Wildman–Crippen LogP) is 1.57. The molecule has 0 amide bonds. The molecule has 4 bridgehead atoms. The molecule has 1 heterocycles. The zero-order valence-corrected chi connectivity index (χ0v) is 11.6. The quantitative estimate of drug-likeness (QED) is 0.762. The molecule has 5 N–H and O–H groups in total. The number of anilines is 1. The van der Waals surface area contributed by atoms with Crippen LogP contribution >= 0.6 is 0 Å². The molecule has 4 aliphatic carbocycles. The third-order valence-electron chi connectivity index (χ3n) is 5.82. The lowest BCUT2D eigenvalue weighted by molar-refractivity contribution is -0.0691. The van der Waals surface area contributed by atoms with Crippen LogP contribution in [-0.2, 0) is 0 Å². The smallest absolute Gasteiger partial charge is 0.253 e. The van der Waals surface area contributed by atoms with Crippen molar-refractivity contribution in [3.63, 3.8) is 0 Å². The van der Waals surface area contributed by atoms with E-state index in [1.165, 1.54) is 44.6 Å². The lowest BCUT2D eigenvalue weighted by atomic mass is 9.47. The van der Waals surface area contributed by atoms with Crippen LogP contribution < -0.4 is 17.0 Å². The van der Waals surface area contributed by atoms with Gasteiger partial charge in [0.1, 0.15) is 11.6 Å². The molecular weight excluding hydrogens is 252 g/mol. The normalized spacial score (nSPS) is 40.0. The molecule has 1 atom stereocenters. The Morgan fingerprint density at radius 3 is 2.25 bits per heavy atom. The maximum atomic E-state index is 11.6. The van der Waals surface area contributed by atoms with Crippen LogP contribution in [0.1, 0.15) is 50.4 Å². The van der Waals surface area contributed by atoms with Crippen LogP contribution in [0, 0.1) is 23.2 Å².